The summed E-state index contributed by atoms with van der Waals surface area (Å²) in [6.07, 6.45) is 0. The van der Waals surface area contributed by atoms with Crippen molar-refractivity contribution in [3.63, 3.8) is 0 Å². The van der Waals surface area contributed by atoms with Crippen LogP contribution in [0.1, 0.15) is 11.6 Å². The van der Waals surface area contributed by atoms with Crippen LogP contribution < -0.4 is 11.5 Å². The first-order valence-electron chi connectivity index (χ1n) is 3.95. The number of nitrogens with zero attached hydrogens (tertiary/aromatic N) is 1. The summed E-state index contributed by atoms with van der Waals surface area (Å²) < 4.78 is 12.8. The van der Waals surface area contributed by atoms with Crippen molar-refractivity contribution < 1.29 is 9.31 Å². The average Bonchev–Trinajstić information content (AvgIpc) is 2.16. The Morgan fingerprint density at radius 1 is 1.57 bits per heavy atom. The van der Waals surface area contributed by atoms with Gasteiger partial charge in [0.05, 0.1) is 10.5 Å². The molecule has 0 saturated heterocycles. The highest BCUT2D eigenvalue weighted by atomic mass is 19.1. The van der Waals surface area contributed by atoms with Gasteiger partial charge in [0.15, 0.2) is 0 Å². The van der Waals surface area contributed by atoms with Crippen LogP contribution in [0.25, 0.3) is 0 Å². The first-order chi connectivity index (χ1) is 6.56. The lowest BCUT2D eigenvalue weighted by atomic mass is 10.1. The molecule has 1 atom stereocenters. The Morgan fingerprint density at radius 2 is 2.21 bits per heavy atom. The third kappa shape index (κ3) is 2.04. The van der Waals surface area contributed by atoms with Crippen molar-refractivity contribution in [3.05, 3.63) is 39.7 Å². The van der Waals surface area contributed by atoms with Gasteiger partial charge in [0.2, 0.25) is 0 Å². The molecule has 76 valence electrons. The first kappa shape index (κ1) is 10.6. The number of rotatable bonds is 3. The van der Waals surface area contributed by atoms with Gasteiger partial charge in [0, 0.05) is 18.7 Å². The molecule has 0 radical (unpaired) electrons. The van der Waals surface area contributed by atoms with Crippen LogP contribution in [0.2, 0.25) is 0 Å². The monoisotopic (exact) mass is 199 g/mol. The fourth-order valence-corrected chi connectivity index (χ4v) is 1.12. The van der Waals surface area contributed by atoms with E-state index in [-0.39, 0.29) is 17.8 Å². The molecule has 1 rings (SSSR count). The van der Waals surface area contributed by atoms with Gasteiger partial charge in [-0.2, -0.15) is 0 Å². The summed E-state index contributed by atoms with van der Waals surface area (Å²) in [6.45, 7) is 0.0320. The van der Waals surface area contributed by atoms with Crippen molar-refractivity contribution in [3.8, 4) is 0 Å². The molecule has 5 nitrogen and oxygen atoms in total. The van der Waals surface area contributed by atoms with Gasteiger partial charge in [-0.3, -0.25) is 10.1 Å². The summed E-state index contributed by atoms with van der Waals surface area (Å²) >= 11 is 0. The molecule has 0 aliphatic rings. The summed E-state index contributed by atoms with van der Waals surface area (Å²) in [5.41, 5.74) is 10.7. The molecule has 1 aromatic carbocycles. The largest absolute Gasteiger partial charge is 0.329 e. The van der Waals surface area contributed by atoms with Crippen molar-refractivity contribution in [1.82, 2.24) is 0 Å². The Hall–Kier alpha value is -1.53. The van der Waals surface area contributed by atoms with Crippen LogP contribution in [0, 0.1) is 15.9 Å². The van der Waals surface area contributed by atoms with Crippen molar-refractivity contribution >= 4 is 5.69 Å². The number of benzene rings is 1. The Kier molecular flexibility index (Phi) is 3.10. The van der Waals surface area contributed by atoms with Crippen LogP contribution >= 0.6 is 0 Å². The second-order valence-corrected chi connectivity index (χ2v) is 2.80. The molecule has 4 N–H and O–H groups in total. The van der Waals surface area contributed by atoms with E-state index in [1.807, 2.05) is 0 Å². The van der Waals surface area contributed by atoms with E-state index in [4.69, 9.17) is 11.5 Å². The summed E-state index contributed by atoms with van der Waals surface area (Å²) in [5, 5.41) is 10.5. The molecule has 0 fully saturated rings. The minimum Gasteiger partial charge on any atom is -0.329 e. The standard InChI is InChI=1S/C8H10FN3O2/c9-5-1-2-8(12(13)14)6(3-5)7(11)4-10/h1-3,7H,4,10-11H2. The minimum absolute atomic E-state index is 0.0320. The zero-order chi connectivity index (χ0) is 10.7. The van der Waals surface area contributed by atoms with Gasteiger partial charge in [0.25, 0.3) is 5.69 Å². The van der Waals surface area contributed by atoms with E-state index in [0.717, 1.165) is 18.2 Å². The Balaban J connectivity index is 3.22. The quantitative estimate of drug-likeness (QED) is 0.553. The Bertz CT molecular complexity index is 356. The predicted octanol–water partition coefficient (Wildman–Crippen LogP) is 0.692. The van der Waals surface area contributed by atoms with Crippen LogP contribution in [0.3, 0.4) is 0 Å². The van der Waals surface area contributed by atoms with E-state index in [0.29, 0.717) is 0 Å². The third-order valence-electron chi connectivity index (χ3n) is 1.84. The molecule has 0 amide bonds. The molecular weight excluding hydrogens is 189 g/mol. The summed E-state index contributed by atoms with van der Waals surface area (Å²) in [7, 11) is 0. The summed E-state index contributed by atoms with van der Waals surface area (Å²) in [4.78, 5) is 9.93. The Morgan fingerprint density at radius 3 is 2.71 bits per heavy atom. The van der Waals surface area contributed by atoms with E-state index < -0.39 is 16.8 Å². The second-order valence-electron chi connectivity index (χ2n) is 2.80. The Labute approximate surface area is 79.7 Å². The number of nitrogens with two attached hydrogens (primary N) is 2. The molecule has 1 unspecified atom stereocenters. The second kappa shape index (κ2) is 4.12. The SMILES string of the molecule is NCC(N)c1cc(F)ccc1[N+](=O)[O-]. The molecule has 0 bridgehead atoms. The molecule has 0 aliphatic heterocycles. The molecule has 0 saturated carbocycles. The van der Waals surface area contributed by atoms with Crippen LogP contribution in [0.5, 0.6) is 0 Å². The van der Waals surface area contributed by atoms with E-state index in [9.17, 15) is 14.5 Å². The topological polar surface area (TPSA) is 95.2 Å². The van der Waals surface area contributed by atoms with Crippen LogP contribution in [0.4, 0.5) is 10.1 Å². The van der Waals surface area contributed by atoms with E-state index in [1.165, 1.54) is 0 Å². The van der Waals surface area contributed by atoms with Crippen LogP contribution in [0.15, 0.2) is 18.2 Å². The maximum Gasteiger partial charge on any atom is 0.274 e. The zero-order valence-electron chi connectivity index (χ0n) is 7.31. The smallest absolute Gasteiger partial charge is 0.274 e. The maximum atomic E-state index is 12.8. The molecule has 0 aromatic heterocycles. The normalized spacial score (nSPS) is 12.5. The van der Waals surface area contributed by atoms with Crippen molar-refractivity contribution in [2.24, 2.45) is 11.5 Å². The molecule has 0 aliphatic carbocycles. The summed E-state index contributed by atoms with van der Waals surface area (Å²) in [6, 6.07) is 2.42. The van der Waals surface area contributed by atoms with Crippen LogP contribution in [-0.4, -0.2) is 11.5 Å². The van der Waals surface area contributed by atoms with Crippen molar-refractivity contribution in [2.75, 3.05) is 6.54 Å². The number of hydrogen-bond donors (Lipinski definition) is 2. The van der Waals surface area contributed by atoms with Gasteiger partial charge < -0.3 is 11.5 Å². The van der Waals surface area contributed by atoms with E-state index in [2.05, 4.69) is 0 Å². The molecule has 1 aromatic rings. The third-order valence-corrected chi connectivity index (χ3v) is 1.84. The van der Waals surface area contributed by atoms with Gasteiger partial charge in [-0.25, -0.2) is 4.39 Å². The number of halogens is 1. The van der Waals surface area contributed by atoms with Gasteiger partial charge in [-0.1, -0.05) is 0 Å². The lowest BCUT2D eigenvalue weighted by Gasteiger charge is -2.09. The van der Waals surface area contributed by atoms with E-state index >= 15 is 0 Å². The van der Waals surface area contributed by atoms with Crippen molar-refractivity contribution in [1.29, 1.82) is 0 Å². The highest BCUT2D eigenvalue weighted by Gasteiger charge is 2.18. The predicted molar refractivity (Wildman–Crippen MR) is 49.0 cm³/mol. The number of hydrogen-bond acceptors (Lipinski definition) is 4. The van der Waals surface area contributed by atoms with Gasteiger partial charge in [-0.15, -0.1) is 0 Å². The lowest BCUT2D eigenvalue weighted by Crippen LogP contribution is -2.21. The highest BCUT2D eigenvalue weighted by Crippen LogP contribution is 2.23. The molecule has 0 heterocycles. The highest BCUT2D eigenvalue weighted by molar-refractivity contribution is 5.42. The molecule has 6 heteroatoms. The summed E-state index contributed by atoms with van der Waals surface area (Å²) in [5.74, 6) is -0.561. The molecule has 14 heavy (non-hydrogen) atoms. The first-order valence-corrected chi connectivity index (χ1v) is 3.95. The minimum atomic E-state index is -0.717. The van der Waals surface area contributed by atoms with Gasteiger partial charge in [-0.05, 0) is 12.1 Å². The molecule has 0 spiro atoms. The average molecular weight is 199 g/mol. The molecular formula is C8H10FN3O2. The zero-order valence-corrected chi connectivity index (χ0v) is 7.31. The van der Waals surface area contributed by atoms with Crippen molar-refractivity contribution in [2.45, 2.75) is 6.04 Å². The van der Waals surface area contributed by atoms with Gasteiger partial charge >= 0.3 is 0 Å². The lowest BCUT2D eigenvalue weighted by molar-refractivity contribution is -0.385. The fraction of sp³-hybridized carbons (Fsp3) is 0.250. The van der Waals surface area contributed by atoms with Gasteiger partial charge in [0.1, 0.15) is 5.82 Å². The maximum absolute atomic E-state index is 12.8. The van der Waals surface area contributed by atoms with Crippen LogP contribution in [-0.2, 0) is 0 Å². The number of nitro groups is 1. The fourth-order valence-electron chi connectivity index (χ4n) is 1.12. The van der Waals surface area contributed by atoms with E-state index in [1.54, 1.807) is 0 Å². The number of nitro benzene ring substituents is 1.